The second-order valence-electron chi connectivity index (χ2n) is 4.81. The first kappa shape index (κ1) is 19.7. The van der Waals surface area contributed by atoms with E-state index in [1.54, 1.807) is 18.9 Å². The normalized spacial score (nSPS) is 12.1. The Kier molecular flexibility index (Phi) is 6.98. The van der Waals surface area contributed by atoms with E-state index in [1.807, 2.05) is 0 Å². The monoisotopic (exact) mass is 363 g/mol. The van der Waals surface area contributed by atoms with Gasteiger partial charge >= 0.3 is 12.6 Å². The lowest BCUT2D eigenvalue weighted by Gasteiger charge is -2.20. The molecule has 0 saturated heterocycles. The molecule has 1 N–H and O–H groups in total. The molecule has 1 heterocycles. The summed E-state index contributed by atoms with van der Waals surface area (Å²) in [7, 11) is 1.64. The summed E-state index contributed by atoms with van der Waals surface area (Å²) in [6, 6.07) is 5.09. The van der Waals surface area contributed by atoms with Gasteiger partial charge in [0.05, 0.1) is 12.2 Å². The number of carboxylic acids is 1. The zero-order chi connectivity index (χ0) is 17.0. The van der Waals surface area contributed by atoms with Gasteiger partial charge in [-0.15, -0.1) is 17.5 Å². The Morgan fingerprint density at radius 2 is 2.00 bits per heavy atom. The molecule has 0 bridgehead atoms. The molecule has 1 unspecified atom stereocenters. The Bertz CT molecular complexity index is 668. The third kappa shape index (κ3) is 4.83. The molecule has 0 aliphatic heterocycles. The Morgan fingerprint density at radius 1 is 1.38 bits per heavy atom. The Morgan fingerprint density at radius 3 is 2.54 bits per heavy atom. The van der Waals surface area contributed by atoms with Crippen molar-refractivity contribution in [3.05, 3.63) is 30.1 Å². The molecule has 0 saturated carbocycles. The molecule has 0 aliphatic carbocycles. The number of benzene rings is 1. The lowest BCUT2D eigenvalue weighted by atomic mass is 10.3. The Balaban J connectivity index is 0.00000288. The second-order valence-corrected chi connectivity index (χ2v) is 4.81. The van der Waals surface area contributed by atoms with Crippen molar-refractivity contribution in [2.75, 3.05) is 7.05 Å². The number of ether oxygens (including phenoxy) is 1. The van der Waals surface area contributed by atoms with Crippen LogP contribution >= 0.6 is 12.4 Å². The number of aliphatic carboxylic acids is 1. The Labute approximate surface area is 142 Å². The van der Waals surface area contributed by atoms with E-state index < -0.39 is 18.6 Å². The van der Waals surface area contributed by atoms with E-state index in [2.05, 4.69) is 20.3 Å². The fourth-order valence-corrected chi connectivity index (χ4v) is 1.82. The third-order valence-corrected chi connectivity index (χ3v) is 3.25. The SMILES string of the molecule is CC(C(=O)O)N(C)Cc1nnnn1-c1ccc(OC(F)F)cc1.Cl. The smallest absolute Gasteiger partial charge is 0.387 e. The fraction of sp³-hybridized carbons (Fsp3) is 0.385. The van der Waals surface area contributed by atoms with Gasteiger partial charge in [-0.3, -0.25) is 9.69 Å². The van der Waals surface area contributed by atoms with Crippen molar-refractivity contribution in [1.82, 2.24) is 25.1 Å². The van der Waals surface area contributed by atoms with Crippen LogP contribution in [0.15, 0.2) is 24.3 Å². The first-order valence-corrected chi connectivity index (χ1v) is 6.64. The number of tetrazole rings is 1. The minimum atomic E-state index is -2.89. The number of nitrogens with zero attached hydrogens (tertiary/aromatic N) is 5. The van der Waals surface area contributed by atoms with Gasteiger partial charge in [-0.05, 0) is 48.7 Å². The molecule has 0 fully saturated rings. The van der Waals surface area contributed by atoms with Gasteiger partial charge in [0.1, 0.15) is 11.8 Å². The molecule has 132 valence electrons. The molecule has 24 heavy (non-hydrogen) atoms. The lowest BCUT2D eigenvalue weighted by Crippen LogP contribution is -2.36. The highest BCUT2D eigenvalue weighted by Crippen LogP contribution is 2.17. The predicted molar refractivity (Wildman–Crippen MR) is 81.6 cm³/mol. The zero-order valence-corrected chi connectivity index (χ0v) is 13.7. The van der Waals surface area contributed by atoms with Gasteiger partial charge in [0.25, 0.3) is 0 Å². The highest BCUT2D eigenvalue weighted by Gasteiger charge is 2.20. The first-order valence-electron chi connectivity index (χ1n) is 6.64. The number of alkyl halides is 2. The molecule has 1 atom stereocenters. The highest BCUT2D eigenvalue weighted by atomic mass is 35.5. The van der Waals surface area contributed by atoms with Crippen molar-refractivity contribution < 1.29 is 23.4 Å². The number of hydrogen-bond donors (Lipinski definition) is 1. The van der Waals surface area contributed by atoms with Gasteiger partial charge in [-0.2, -0.15) is 13.5 Å². The van der Waals surface area contributed by atoms with Crippen molar-refractivity contribution >= 4 is 18.4 Å². The average Bonchev–Trinajstić information content (AvgIpc) is 2.94. The van der Waals surface area contributed by atoms with Crippen molar-refractivity contribution in [1.29, 1.82) is 0 Å². The van der Waals surface area contributed by atoms with E-state index >= 15 is 0 Å². The van der Waals surface area contributed by atoms with Crippen molar-refractivity contribution in [2.45, 2.75) is 26.1 Å². The van der Waals surface area contributed by atoms with Crippen LogP contribution in [0, 0.1) is 0 Å². The summed E-state index contributed by atoms with van der Waals surface area (Å²) in [6.45, 7) is -1.14. The van der Waals surface area contributed by atoms with Crippen LogP contribution < -0.4 is 4.74 Å². The molecule has 0 aliphatic rings. The van der Waals surface area contributed by atoms with Crippen molar-refractivity contribution in [2.24, 2.45) is 0 Å². The lowest BCUT2D eigenvalue weighted by molar-refractivity contribution is -0.142. The van der Waals surface area contributed by atoms with Crippen molar-refractivity contribution in [3.63, 3.8) is 0 Å². The van der Waals surface area contributed by atoms with E-state index in [1.165, 1.54) is 28.9 Å². The van der Waals surface area contributed by atoms with Crippen LogP contribution in [-0.2, 0) is 11.3 Å². The quantitative estimate of drug-likeness (QED) is 0.798. The standard InChI is InChI=1S/C13H15F2N5O3.ClH/c1-8(12(21)22)19(2)7-11-16-17-18-20(11)9-3-5-10(6-4-9)23-13(14)15;/h3-6,8,13H,7H2,1-2H3,(H,21,22);1H. The number of hydrogen-bond acceptors (Lipinski definition) is 6. The number of likely N-dealkylation sites (N-methyl/N-ethyl adjacent to an activating group) is 1. The summed E-state index contributed by atoms with van der Waals surface area (Å²) in [6.07, 6.45) is 0. The van der Waals surface area contributed by atoms with Crippen LogP contribution in [0.5, 0.6) is 5.75 Å². The summed E-state index contributed by atoms with van der Waals surface area (Å²) < 4.78 is 29.9. The molecule has 2 rings (SSSR count). The van der Waals surface area contributed by atoms with Crippen LogP contribution in [-0.4, -0.2) is 55.9 Å². The molecule has 1 aromatic heterocycles. The molecule has 0 spiro atoms. The number of aromatic nitrogens is 4. The molecule has 0 radical (unpaired) electrons. The van der Waals surface area contributed by atoms with E-state index in [-0.39, 0.29) is 24.7 Å². The van der Waals surface area contributed by atoms with Gasteiger partial charge in [0.15, 0.2) is 5.82 Å². The third-order valence-electron chi connectivity index (χ3n) is 3.25. The van der Waals surface area contributed by atoms with Gasteiger partial charge < -0.3 is 9.84 Å². The van der Waals surface area contributed by atoms with Gasteiger partial charge in [-0.1, -0.05) is 0 Å². The molecule has 0 amide bonds. The van der Waals surface area contributed by atoms with Crippen LogP contribution in [0.2, 0.25) is 0 Å². The number of halogens is 3. The van der Waals surface area contributed by atoms with Crippen LogP contribution in [0.25, 0.3) is 5.69 Å². The Hall–Kier alpha value is -2.33. The van der Waals surface area contributed by atoms with E-state index in [9.17, 15) is 13.6 Å². The minimum absolute atomic E-state index is 0. The van der Waals surface area contributed by atoms with Crippen LogP contribution in [0.3, 0.4) is 0 Å². The second kappa shape index (κ2) is 8.50. The molecule has 11 heteroatoms. The van der Waals surface area contributed by atoms with Crippen molar-refractivity contribution in [3.8, 4) is 11.4 Å². The summed E-state index contributed by atoms with van der Waals surface area (Å²) in [5.41, 5.74) is 0.544. The molecular weight excluding hydrogens is 348 g/mol. The average molecular weight is 364 g/mol. The molecule has 8 nitrogen and oxygen atoms in total. The zero-order valence-electron chi connectivity index (χ0n) is 12.8. The number of carboxylic acid groups (broad SMARTS) is 1. The van der Waals surface area contributed by atoms with E-state index in [0.717, 1.165) is 0 Å². The van der Waals surface area contributed by atoms with E-state index in [4.69, 9.17) is 5.11 Å². The fourth-order valence-electron chi connectivity index (χ4n) is 1.82. The summed E-state index contributed by atoms with van der Waals surface area (Å²) in [5.74, 6) is -0.516. The predicted octanol–water partition coefficient (Wildman–Crippen LogP) is 1.59. The largest absolute Gasteiger partial charge is 0.480 e. The topological polar surface area (TPSA) is 93.4 Å². The summed E-state index contributed by atoms with van der Waals surface area (Å²) in [4.78, 5) is 12.5. The minimum Gasteiger partial charge on any atom is -0.480 e. The first-order chi connectivity index (χ1) is 10.9. The van der Waals surface area contributed by atoms with E-state index in [0.29, 0.717) is 11.5 Å². The van der Waals surface area contributed by atoms with Crippen LogP contribution in [0.1, 0.15) is 12.7 Å². The summed E-state index contributed by atoms with van der Waals surface area (Å²) >= 11 is 0. The van der Waals surface area contributed by atoms with Gasteiger partial charge in [0.2, 0.25) is 0 Å². The van der Waals surface area contributed by atoms with Gasteiger partial charge in [0, 0.05) is 0 Å². The summed E-state index contributed by atoms with van der Waals surface area (Å²) in [5, 5.41) is 20.2. The molecule has 1 aromatic carbocycles. The van der Waals surface area contributed by atoms with Crippen LogP contribution in [0.4, 0.5) is 8.78 Å². The maximum Gasteiger partial charge on any atom is 0.387 e. The maximum atomic E-state index is 12.1. The number of rotatable bonds is 7. The number of carbonyl (C=O) groups is 1. The molecular formula is C13H16ClF2N5O3. The molecule has 2 aromatic rings. The van der Waals surface area contributed by atoms with Gasteiger partial charge in [-0.25, -0.2) is 0 Å². The maximum absolute atomic E-state index is 12.1. The highest BCUT2D eigenvalue weighted by molar-refractivity contribution is 5.85.